The molecule has 2 aromatic carbocycles. The van der Waals surface area contributed by atoms with Gasteiger partial charge in [-0.2, -0.15) is 0 Å². The van der Waals surface area contributed by atoms with Crippen molar-refractivity contribution in [3.05, 3.63) is 52.5 Å². The van der Waals surface area contributed by atoms with E-state index in [1.165, 1.54) is 4.90 Å². The first-order valence-electron chi connectivity index (χ1n) is 7.87. The van der Waals surface area contributed by atoms with Gasteiger partial charge in [0.05, 0.1) is 31.2 Å². The topological polar surface area (TPSA) is 67.9 Å². The van der Waals surface area contributed by atoms with E-state index >= 15 is 0 Å². The number of hydrogen-bond donors (Lipinski definition) is 1. The second-order valence-electron chi connectivity index (χ2n) is 5.81. The molecule has 0 spiro atoms. The van der Waals surface area contributed by atoms with Crippen molar-refractivity contribution in [3.8, 4) is 11.5 Å². The maximum atomic E-state index is 12.3. The van der Waals surface area contributed by atoms with E-state index in [2.05, 4.69) is 5.32 Å². The van der Waals surface area contributed by atoms with Crippen molar-refractivity contribution in [2.24, 2.45) is 0 Å². The number of anilines is 1. The summed E-state index contributed by atoms with van der Waals surface area (Å²) in [5, 5.41) is 3.06. The summed E-state index contributed by atoms with van der Waals surface area (Å²) in [4.78, 5) is 25.7. The van der Waals surface area contributed by atoms with E-state index in [1.54, 1.807) is 64.7 Å². The van der Waals surface area contributed by atoms with Gasteiger partial charge in [0.2, 0.25) is 5.91 Å². The highest BCUT2D eigenvalue weighted by Crippen LogP contribution is 2.28. The molecule has 0 atom stereocenters. The summed E-state index contributed by atoms with van der Waals surface area (Å²) in [5.74, 6) is 0.759. The van der Waals surface area contributed by atoms with E-state index in [0.717, 1.165) is 5.56 Å². The first-order chi connectivity index (χ1) is 12.3. The molecule has 0 saturated heterocycles. The number of benzene rings is 2. The van der Waals surface area contributed by atoms with Gasteiger partial charge in [-0.25, -0.2) is 0 Å². The molecule has 7 heteroatoms. The predicted molar refractivity (Wildman–Crippen MR) is 101 cm³/mol. The SMILES string of the molecule is COc1ccc(CC(=O)Nc2ccc(C(=O)N(C)C)c(Cl)c2)cc1OC. The number of ether oxygens (including phenoxy) is 2. The third-order valence-corrected chi connectivity index (χ3v) is 4.01. The second kappa shape index (κ2) is 8.58. The van der Waals surface area contributed by atoms with Crippen molar-refractivity contribution in [1.82, 2.24) is 4.90 Å². The first kappa shape index (κ1) is 19.6. The summed E-state index contributed by atoms with van der Waals surface area (Å²) >= 11 is 6.16. The lowest BCUT2D eigenvalue weighted by atomic mass is 10.1. The van der Waals surface area contributed by atoms with E-state index in [9.17, 15) is 9.59 Å². The van der Waals surface area contributed by atoms with Crippen molar-refractivity contribution in [3.63, 3.8) is 0 Å². The fraction of sp³-hybridized carbons (Fsp3) is 0.263. The number of hydrogen-bond acceptors (Lipinski definition) is 4. The summed E-state index contributed by atoms with van der Waals surface area (Å²) < 4.78 is 10.4. The second-order valence-corrected chi connectivity index (χ2v) is 6.22. The maximum absolute atomic E-state index is 12.3. The molecule has 2 rings (SSSR count). The molecule has 6 nitrogen and oxygen atoms in total. The van der Waals surface area contributed by atoms with Crippen molar-refractivity contribution >= 4 is 29.1 Å². The summed E-state index contributed by atoms with van der Waals surface area (Å²) in [5.41, 5.74) is 1.69. The number of carbonyl (C=O) groups excluding carboxylic acids is 2. The van der Waals surface area contributed by atoms with E-state index < -0.39 is 0 Å². The molecule has 0 unspecified atom stereocenters. The fourth-order valence-electron chi connectivity index (χ4n) is 2.39. The van der Waals surface area contributed by atoms with Crippen LogP contribution in [0, 0.1) is 0 Å². The Morgan fingerprint density at radius 1 is 1.04 bits per heavy atom. The van der Waals surface area contributed by atoms with Crippen molar-refractivity contribution in [2.45, 2.75) is 6.42 Å². The van der Waals surface area contributed by atoms with Gasteiger partial charge in [0, 0.05) is 19.8 Å². The molecule has 0 aliphatic rings. The van der Waals surface area contributed by atoms with Crippen LogP contribution in [-0.2, 0) is 11.2 Å². The predicted octanol–water partition coefficient (Wildman–Crippen LogP) is 3.24. The minimum atomic E-state index is -0.208. The quantitative estimate of drug-likeness (QED) is 0.840. The minimum absolute atomic E-state index is 0.163. The van der Waals surface area contributed by atoms with Crippen LogP contribution in [0.5, 0.6) is 11.5 Å². The molecule has 2 aromatic rings. The largest absolute Gasteiger partial charge is 0.493 e. The van der Waals surface area contributed by atoms with Gasteiger partial charge in [-0.1, -0.05) is 17.7 Å². The first-order valence-corrected chi connectivity index (χ1v) is 8.25. The van der Waals surface area contributed by atoms with Crippen LogP contribution in [0.25, 0.3) is 0 Å². The highest BCUT2D eigenvalue weighted by Gasteiger charge is 2.14. The Morgan fingerprint density at radius 3 is 2.31 bits per heavy atom. The number of methoxy groups -OCH3 is 2. The Balaban J connectivity index is 2.08. The zero-order chi connectivity index (χ0) is 19.3. The average Bonchev–Trinajstić information content (AvgIpc) is 2.61. The molecular weight excluding hydrogens is 356 g/mol. The van der Waals surface area contributed by atoms with Crippen LogP contribution in [-0.4, -0.2) is 45.0 Å². The van der Waals surface area contributed by atoms with Gasteiger partial charge < -0.3 is 19.7 Å². The highest BCUT2D eigenvalue weighted by molar-refractivity contribution is 6.34. The Hall–Kier alpha value is -2.73. The normalized spacial score (nSPS) is 10.2. The molecule has 0 radical (unpaired) electrons. The van der Waals surface area contributed by atoms with E-state index in [1.807, 2.05) is 0 Å². The zero-order valence-corrected chi connectivity index (χ0v) is 15.9. The molecule has 138 valence electrons. The molecule has 0 fully saturated rings. The van der Waals surface area contributed by atoms with Crippen LogP contribution in [0.15, 0.2) is 36.4 Å². The molecular formula is C19H21ClN2O4. The third-order valence-electron chi connectivity index (χ3n) is 3.70. The molecule has 0 aliphatic carbocycles. The minimum Gasteiger partial charge on any atom is -0.493 e. The number of amides is 2. The lowest BCUT2D eigenvalue weighted by Crippen LogP contribution is -2.22. The molecule has 0 aromatic heterocycles. The number of nitrogens with one attached hydrogen (secondary N) is 1. The fourth-order valence-corrected chi connectivity index (χ4v) is 2.65. The average molecular weight is 377 g/mol. The van der Waals surface area contributed by atoms with Gasteiger partial charge in [-0.15, -0.1) is 0 Å². The number of carbonyl (C=O) groups is 2. The lowest BCUT2D eigenvalue weighted by Gasteiger charge is -2.13. The Kier molecular flexibility index (Phi) is 6.46. The van der Waals surface area contributed by atoms with Crippen molar-refractivity contribution in [1.29, 1.82) is 0 Å². The summed E-state index contributed by atoms with van der Waals surface area (Å²) in [6.07, 6.45) is 0.163. The van der Waals surface area contributed by atoms with Gasteiger partial charge in [0.15, 0.2) is 11.5 Å². The summed E-state index contributed by atoms with van der Waals surface area (Å²) in [6, 6.07) is 10.1. The molecule has 26 heavy (non-hydrogen) atoms. The van der Waals surface area contributed by atoms with E-state index in [-0.39, 0.29) is 23.3 Å². The molecule has 1 N–H and O–H groups in total. The Morgan fingerprint density at radius 2 is 1.73 bits per heavy atom. The summed E-state index contributed by atoms with van der Waals surface area (Å²) in [6.45, 7) is 0. The van der Waals surface area contributed by atoms with Crippen LogP contribution in [0.4, 0.5) is 5.69 Å². The van der Waals surface area contributed by atoms with Crippen molar-refractivity contribution in [2.75, 3.05) is 33.6 Å². The number of nitrogens with zero attached hydrogens (tertiary/aromatic N) is 1. The van der Waals surface area contributed by atoms with Crippen LogP contribution in [0.1, 0.15) is 15.9 Å². The van der Waals surface area contributed by atoms with E-state index in [4.69, 9.17) is 21.1 Å². The van der Waals surface area contributed by atoms with Crippen LogP contribution >= 0.6 is 11.6 Å². The van der Waals surface area contributed by atoms with Gasteiger partial charge in [-0.3, -0.25) is 9.59 Å². The maximum Gasteiger partial charge on any atom is 0.254 e. The number of halogens is 1. The van der Waals surface area contributed by atoms with Crippen LogP contribution in [0.3, 0.4) is 0 Å². The highest BCUT2D eigenvalue weighted by atomic mass is 35.5. The molecule has 0 aliphatic heterocycles. The molecule has 0 saturated carbocycles. The Bertz CT molecular complexity index is 821. The van der Waals surface area contributed by atoms with Gasteiger partial charge in [0.1, 0.15) is 0 Å². The smallest absolute Gasteiger partial charge is 0.254 e. The van der Waals surface area contributed by atoms with Crippen molar-refractivity contribution < 1.29 is 19.1 Å². The van der Waals surface area contributed by atoms with Gasteiger partial charge >= 0.3 is 0 Å². The third kappa shape index (κ3) is 4.67. The van der Waals surface area contributed by atoms with Gasteiger partial charge in [0.25, 0.3) is 5.91 Å². The van der Waals surface area contributed by atoms with Crippen LogP contribution in [0.2, 0.25) is 5.02 Å². The van der Waals surface area contributed by atoms with E-state index in [0.29, 0.717) is 22.7 Å². The zero-order valence-electron chi connectivity index (χ0n) is 15.1. The lowest BCUT2D eigenvalue weighted by molar-refractivity contribution is -0.115. The standard InChI is InChI=1S/C19H21ClN2O4/c1-22(2)19(24)14-7-6-13(11-15(14)20)21-18(23)10-12-5-8-16(25-3)17(9-12)26-4/h5-9,11H,10H2,1-4H3,(H,21,23). The molecule has 0 bridgehead atoms. The Labute approximate surface area is 157 Å². The number of rotatable bonds is 6. The van der Waals surface area contributed by atoms with Crippen LogP contribution < -0.4 is 14.8 Å². The molecule has 0 heterocycles. The van der Waals surface area contributed by atoms with Gasteiger partial charge in [-0.05, 0) is 35.9 Å². The molecule has 2 amide bonds. The monoisotopic (exact) mass is 376 g/mol. The summed E-state index contributed by atoms with van der Waals surface area (Å²) in [7, 11) is 6.40.